The zero-order valence-corrected chi connectivity index (χ0v) is 15.7. The number of hydrogen-bond donors (Lipinski definition) is 0. The second-order valence-electron chi connectivity index (χ2n) is 6.50. The van der Waals surface area contributed by atoms with Gasteiger partial charge in [0, 0.05) is 31.7 Å². The highest BCUT2D eigenvalue weighted by atomic mass is 35.5. The lowest BCUT2D eigenvalue weighted by molar-refractivity contribution is 0.0218. The highest BCUT2D eigenvalue weighted by molar-refractivity contribution is 7.98. The van der Waals surface area contributed by atoms with E-state index < -0.39 is 5.60 Å². The first-order chi connectivity index (χ1) is 10.7. The minimum atomic E-state index is -0.481. The van der Waals surface area contributed by atoms with E-state index in [1.165, 1.54) is 11.8 Å². The standard InChI is InChI=1S/C15H23ClN4O2S/c1-10-9-19(14(21)22-15(2,3)4)6-7-20(10)12-8-11(16)17-13(18-12)23-5/h8,10H,6-7,9H2,1-5H3/t10-/m0/s1. The Bertz CT molecular complexity index is 579. The number of nitrogens with zero attached hydrogens (tertiary/aromatic N) is 4. The summed E-state index contributed by atoms with van der Waals surface area (Å²) in [6.45, 7) is 9.54. The van der Waals surface area contributed by atoms with E-state index in [-0.39, 0.29) is 12.1 Å². The predicted molar refractivity (Wildman–Crippen MR) is 93.4 cm³/mol. The summed E-state index contributed by atoms with van der Waals surface area (Å²) >= 11 is 7.53. The summed E-state index contributed by atoms with van der Waals surface area (Å²) in [5.74, 6) is 0.797. The Hall–Kier alpha value is -1.21. The van der Waals surface area contributed by atoms with Crippen molar-refractivity contribution in [2.75, 3.05) is 30.8 Å². The molecule has 2 heterocycles. The van der Waals surface area contributed by atoms with Crippen LogP contribution in [-0.4, -0.2) is 58.5 Å². The summed E-state index contributed by atoms with van der Waals surface area (Å²) in [5, 5.41) is 1.08. The molecule has 1 aromatic rings. The number of piperazine rings is 1. The van der Waals surface area contributed by atoms with Crippen molar-refractivity contribution in [2.24, 2.45) is 0 Å². The molecule has 1 atom stereocenters. The Labute approximate surface area is 146 Å². The van der Waals surface area contributed by atoms with Crippen molar-refractivity contribution in [3.05, 3.63) is 11.2 Å². The molecule has 6 nitrogen and oxygen atoms in total. The van der Waals surface area contributed by atoms with Crippen LogP contribution in [0.5, 0.6) is 0 Å². The number of carbonyl (C=O) groups excluding carboxylic acids is 1. The van der Waals surface area contributed by atoms with E-state index in [1.54, 1.807) is 11.0 Å². The summed E-state index contributed by atoms with van der Waals surface area (Å²) in [6, 6.07) is 1.89. The summed E-state index contributed by atoms with van der Waals surface area (Å²) in [4.78, 5) is 24.8. The number of hydrogen-bond acceptors (Lipinski definition) is 6. The van der Waals surface area contributed by atoms with Crippen molar-refractivity contribution >= 4 is 35.3 Å². The van der Waals surface area contributed by atoms with Crippen LogP contribution in [0.25, 0.3) is 0 Å². The van der Waals surface area contributed by atoms with Crippen molar-refractivity contribution in [1.29, 1.82) is 0 Å². The van der Waals surface area contributed by atoms with Gasteiger partial charge in [-0.05, 0) is 34.0 Å². The molecule has 8 heteroatoms. The SMILES string of the molecule is CSc1nc(Cl)cc(N2CCN(C(=O)OC(C)(C)C)C[C@@H]2C)n1. The van der Waals surface area contributed by atoms with Crippen LogP contribution in [0, 0.1) is 0 Å². The summed E-state index contributed by atoms with van der Waals surface area (Å²) in [6.07, 6.45) is 1.65. The summed E-state index contributed by atoms with van der Waals surface area (Å²) in [5.41, 5.74) is -0.481. The Morgan fingerprint density at radius 2 is 2.09 bits per heavy atom. The van der Waals surface area contributed by atoms with Crippen LogP contribution in [0.3, 0.4) is 0 Å². The van der Waals surface area contributed by atoms with Crippen molar-refractivity contribution in [1.82, 2.24) is 14.9 Å². The Kier molecular flexibility index (Phi) is 5.62. The quantitative estimate of drug-likeness (QED) is 0.459. The van der Waals surface area contributed by atoms with Crippen molar-refractivity contribution in [3.63, 3.8) is 0 Å². The van der Waals surface area contributed by atoms with Crippen LogP contribution >= 0.6 is 23.4 Å². The van der Waals surface area contributed by atoms with E-state index in [4.69, 9.17) is 16.3 Å². The number of thioether (sulfide) groups is 1. The summed E-state index contributed by atoms with van der Waals surface area (Å²) < 4.78 is 5.44. The Morgan fingerprint density at radius 3 is 2.65 bits per heavy atom. The van der Waals surface area contributed by atoms with Crippen LogP contribution in [0.2, 0.25) is 5.15 Å². The zero-order chi connectivity index (χ0) is 17.2. The predicted octanol–water partition coefficient (Wildman–Crippen LogP) is 3.30. The maximum absolute atomic E-state index is 12.2. The Morgan fingerprint density at radius 1 is 1.39 bits per heavy atom. The molecule has 0 spiro atoms. The number of rotatable bonds is 2. The molecule has 0 N–H and O–H groups in total. The average Bonchev–Trinajstić information content (AvgIpc) is 2.44. The van der Waals surface area contributed by atoms with Crippen LogP contribution in [-0.2, 0) is 4.74 Å². The fraction of sp³-hybridized carbons (Fsp3) is 0.667. The van der Waals surface area contributed by atoms with E-state index >= 15 is 0 Å². The molecule has 1 fully saturated rings. The molecule has 2 rings (SSSR count). The average molecular weight is 359 g/mol. The van der Waals surface area contributed by atoms with E-state index in [1.807, 2.05) is 27.0 Å². The third kappa shape index (κ3) is 4.88. The fourth-order valence-electron chi connectivity index (χ4n) is 2.41. The number of carbonyl (C=O) groups is 1. The first kappa shape index (κ1) is 18.1. The van der Waals surface area contributed by atoms with Crippen molar-refractivity contribution < 1.29 is 9.53 Å². The molecular formula is C15H23ClN4O2S. The minimum Gasteiger partial charge on any atom is -0.444 e. The molecule has 128 valence electrons. The van der Waals surface area contributed by atoms with Crippen LogP contribution in [0.4, 0.5) is 10.6 Å². The first-order valence-electron chi connectivity index (χ1n) is 7.53. The first-order valence-corrected chi connectivity index (χ1v) is 9.13. The second kappa shape index (κ2) is 7.13. The van der Waals surface area contributed by atoms with Crippen LogP contribution in [0.15, 0.2) is 11.2 Å². The molecule has 0 aliphatic carbocycles. The number of ether oxygens (including phenoxy) is 1. The summed E-state index contributed by atoms with van der Waals surface area (Å²) in [7, 11) is 0. The molecule has 0 bridgehead atoms. The molecule has 0 aromatic carbocycles. The zero-order valence-electron chi connectivity index (χ0n) is 14.2. The third-order valence-corrected chi connectivity index (χ3v) is 4.16. The lowest BCUT2D eigenvalue weighted by Gasteiger charge is -2.40. The highest BCUT2D eigenvalue weighted by Crippen LogP contribution is 2.24. The molecule has 1 aromatic heterocycles. The molecule has 1 saturated heterocycles. The van der Waals surface area contributed by atoms with Crippen LogP contribution < -0.4 is 4.90 Å². The molecule has 0 radical (unpaired) electrons. The van der Waals surface area contributed by atoms with Gasteiger partial charge in [-0.15, -0.1) is 0 Å². The number of halogens is 1. The number of amides is 1. The molecule has 0 saturated carbocycles. The van der Waals surface area contributed by atoms with Gasteiger partial charge in [0.25, 0.3) is 0 Å². The number of anilines is 1. The molecule has 1 aliphatic heterocycles. The minimum absolute atomic E-state index is 0.122. The van der Waals surface area contributed by atoms with Gasteiger partial charge >= 0.3 is 6.09 Å². The lowest BCUT2D eigenvalue weighted by Crippen LogP contribution is -2.54. The monoisotopic (exact) mass is 358 g/mol. The van der Waals surface area contributed by atoms with Crippen LogP contribution in [0.1, 0.15) is 27.7 Å². The number of aromatic nitrogens is 2. The maximum Gasteiger partial charge on any atom is 0.410 e. The van der Waals surface area contributed by atoms with Gasteiger partial charge in [0.05, 0.1) is 0 Å². The lowest BCUT2D eigenvalue weighted by atomic mass is 10.2. The molecule has 1 amide bonds. The molecule has 1 aliphatic rings. The van der Waals surface area contributed by atoms with Gasteiger partial charge in [-0.1, -0.05) is 23.4 Å². The van der Waals surface area contributed by atoms with E-state index in [2.05, 4.69) is 21.8 Å². The van der Waals surface area contributed by atoms with Gasteiger partial charge in [-0.2, -0.15) is 0 Å². The van der Waals surface area contributed by atoms with Crippen molar-refractivity contribution in [3.8, 4) is 0 Å². The maximum atomic E-state index is 12.2. The smallest absolute Gasteiger partial charge is 0.410 e. The molecule has 0 unspecified atom stereocenters. The molecule has 23 heavy (non-hydrogen) atoms. The molecular weight excluding hydrogens is 336 g/mol. The van der Waals surface area contributed by atoms with Gasteiger partial charge in [-0.25, -0.2) is 14.8 Å². The third-order valence-electron chi connectivity index (χ3n) is 3.42. The van der Waals surface area contributed by atoms with E-state index in [0.29, 0.717) is 29.9 Å². The van der Waals surface area contributed by atoms with Gasteiger partial charge < -0.3 is 14.5 Å². The topological polar surface area (TPSA) is 58.6 Å². The van der Waals surface area contributed by atoms with Gasteiger partial charge in [0.2, 0.25) is 0 Å². The highest BCUT2D eigenvalue weighted by Gasteiger charge is 2.30. The van der Waals surface area contributed by atoms with Crippen molar-refractivity contribution in [2.45, 2.75) is 44.5 Å². The fourth-order valence-corrected chi connectivity index (χ4v) is 3.02. The van der Waals surface area contributed by atoms with Gasteiger partial charge in [0.1, 0.15) is 16.6 Å². The largest absolute Gasteiger partial charge is 0.444 e. The van der Waals surface area contributed by atoms with E-state index in [9.17, 15) is 4.79 Å². The second-order valence-corrected chi connectivity index (χ2v) is 7.66. The Balaban J connectivity index is 2.07. The van der Waals surface area contributed by atoms with Gasteiger partial charge in [0.15, 0.2) is 5.16 Å². The van der Waals surface area contributed by atoms with Gasteiger partial charge in [-0.3, -0.25) is 0 Å². The normalized spacial score (nSPS) is 19.0. The van der Waals surface area contributed by atoms with E-state index in [0.717, 1.165) is 5.82 Å².